The molecule has 1 rings (SSSR count). The first-order valence-corrected chi connectivity index (χ1v) is 25.7. The zero-order valence-corrected chi connectivity index (χ0v) is 39.0. The number of hydrogen-bond donors (Lipinski definition) is 1. The van der Waals surface area contributed by atoms with Crippen molar-refractivity contribution in [2.75, 3.05) is 19.8 Å². The maximum atomic E-state index is 12.8. The number of rotatable bonds is 43. The molecule has 0 aromatic rings. The van der Waals surface area contributed by atoms with Crippen molar-refractivity contribution in [3.63, 3.8) is 0 Å². The summed E-state index contributed by atoms with van der Waals surface area (Å²) in [5.74, 6) is 1.27. The Morgan fingerprint density at radius 2 is 0.862 bits per heavy atom. The largest absolute Gasteiger partial charge is 0.466 e. The van der Waals surface area contributed by atoms with E-state index in [1.54, 1.807) is 0 Å². The molecule has 0 aromatic carbocycles. The summed E-state index contributed by atoms with van der Waals surface area (Å²) in [5.41, 5.74) is 0. The molecule has 1 unspecified atom stereocenters. The molecule has 0 aliphatic carbocycles. The van der Waals surface area contributed by atoms with Crippen LogP contribution < -0.4 is 5.32 Å². The fraction of sp³-hybridized carbons (Fsp3) is 0.941. The lowest BCUT2D eigenvalue weighted by Crippen LogP contribution is -2.22. The molecule has 342 valence electrons. The van der Waals surface area contributed by atoms with E-state index >= 15 is 0 Å². The molecule has 58 heavy (non-hydrogen) atoms. The summed E-state index contributed by atoms with van der Waals surface area (Å²) >= 11 is 0. The molecule has 1 fully saturated rings. The summed E-state index contributed by atoms with van der Waals surface area (Å²) in [6.07, 6.45) is 40.6. The smallest absolute Gasteiger partial charge is 0.306 e. The highest BCUT2D eigenvalue weighted by atomic mass is 16.5. The van der Waals surface area contributed by atoms with E-state index in [4.69, 9.17) is 14.2 Å². The minimum Gasteiger partial charge on any atom is -0.466 e. The first kappa shape index (κ1) is 54.4. The summed E-state index contributed by atoms with van der Waals surface area (Å²) < 4.78 is 17.4. The number of unbranched alkanes of at least 4 members (excludes halogenated alkanes) is 16. The van der Waals surface area contributed by atoms with Crippen LogP contribution in [0, 0.1) is 11.8 Å². The Labute approximate surface area is 359 Å². The molecule has 0 saturated carbocycles. The van der Waals surface area contributed by atoms with E-state index in [0.717, 1.165) is 109 Å². The first-order chi connectivity index (χ1) is 28.4. The molecule has 1 aliphatic rings. The van der Waals surface area contributed by atoms with Gasteiger partial charge >= 0.3 is 17.9 Å². The molecule has 1 atom stereocenters. The van der Waals surface area contributed by atoms with Crippen LogP contribution in [0.3, 0.4) is 0 Å². The van der Waals surface area contributed by atoms with Crippen molar-refractivity contribution in [3.8, 4) is 0 Å². The SMILES string of the molecule is CCCCCC(CCCCC)CCOC(=O)CCCCCCCC(CCCCCCCC(=O)OCCC(CCCCC)CCCCC)OC(=O)CCCC1CCCN1. The minimum absolute atomic E-state index is 0.0115. The molecule has 1 aliphatic heterocycles. The van der Waals surface area contributed by atoms with Gasteiger partial charge in [-0.25, -0.2) is 0 Å². The topological polar surface area (TPSA) is 90.9 Å². The second-order valence-electron chi connectivity index (χ2n) is 18.1. The minimum atomic E-state index is -0.0403. The normalized spacial score (nSPS) is 14.2. The number of esters is 3. The number of hydrogen-bond acceptors (Lipinski definition) is 7. The number of carbonyl (C=O) groups excluding carboxylic acids is 3. The summed E-state index contributed by atoms with van der Waals surface area (Å²) in [4.78, 5) is 37.7. The Morgan fingerprint density at radius 3 is 1.28 bits per heavy atom. The van der Waals surface area contributed by atoms with Crippen molar-refractivity contribution >= 4 is 17.9 Å². The van der Waals surface area contributed by atoms with Gasteiger partial charge in [-0.05, 0) is 95.4 Å². The molecular formula is C51H97NO6. The van der Waals surface area contributed by atoms with Gasteiger partial charge in [0, 0.05) is 25.3 Å². The molecule has 1 N–H and O–H groups in total. The lowest BCUT2D eigenvalue weighted by molar-refractivity contribution is -0.150. The second-order valence-corrected chi connectivity index (χ2v) is 18.1. The molecule has 0 radical (unpaired) electrons. The summed E-state index contributed by atoms with van der Waals surface area (Å²) in [5, 5.41) is 3.53. The van der Waals surface area contributed by atoms with E-state index in [1.165, 1.54) is 116 Å². The monoisotopic (exact) mass is 820 g/mol. The summed E-state index contributed by atoms with van der Waals surface area (Å²) in [6, 6.07) is 0.563. The third-order valence-electron chi connectivity index (χ3n) is 12.6. The van der Waals surface area contributed by atoms with Gasteiger partial charge in [0.1, 0.15) is 6.10 Å². The van der Waals surface area contributed by atoms with Crippen LogP contribution in [0.4, 0.5) is 0 Å². The third-order valence-corrected chi connectivity index (χ3v) is 12.6. The molecule has 0 bridgehead atoms. The lowest BCUT2D eigenvalue weighted by atomic mass is 9.92. The third kappa shape index (κ3) is 34.1. The summed E-state index contributed by atoms with van der Waals surface area (Å²) in [7, 11) is 0. The van der Waals surface area contributed by atoms with Gasteiger partial charge in [0.2, 0.25) is 0 Å². The Morgan fingerprint density at radius 1 is 0.466 bits per heavy atom. The molecule has 7 heteroatoms. The average Bonchev–Trinajstić information content (AvgIpc) is 3.73. The standard InChI is InChI=1S/C51H97NO6/c1-5-9-19-29-45(30-20-10-6-2)40-43-56-49(53)37-25-17-13-15-23-35-48(58-51(55)39-27-33-47-34-28-42-52-47)36-24-16-14-18-26-38-50(54)57-44-41-46(31-21-11-7-3)32-22-12-8-4/h45-48,52H,5-44H2,1-4H3. The van der Waals surface area contributed by atoms with Gasteiger partial charge in [-0.2, -0.15) is 0 Å². The van der Waals surface area contributed by atoms with Crippen LogP contribution in [-0.4, -0.2) is 49.8 Å². The van der Waals surface area contributed by atoms with Gasteiger partial charge < -0.3 is 19.5 Å². The van der Waals surface area contributed by atoms with Crippen molar-refractivity contribution < 1.29 is 28.6 Å². The van der Waals surface area contributed by atoms with Crippen molar-refractivity contribution in [1.29, 1.82) is 0 Å². The van der Waals surface area contributed by atoms with E-state index in [9.17, 15) is 14.4 Å². The Kier molecular flexibility index (Phi) is 38.2. The van der Waals surface area contributed by atoms with E-state index < -0.39 is 0 Å². The Hall–Kier alpha value is -1.63. The first-order valence-electron chi connectivity index (χ1n) is 25.7. The van der Waals surface area contributed by atoms with E-state index in [0.29, 0.717) is 50.4 Å². The molecule has 1 heterocycles. The molecule has 1 saturated heterocycles. The number of nitrogens with one attached hydrogen (secondary N) is 1. The zero-order chi connectivity index (χ0) is 42.2. The Balaban J connectivity index is 2.30. The van der Waals surface area contributed by atoms with Crippen molar-refractivity contribution in [2.45, 2.75) is 277 Å². The maximum Gasteiger partial charge on any atom is 0.306 e. The average molecular weight is 820 g/mol. The molecule has 7 nitrogen and oxygen atoms in total. The predicted molar refractivity (Wildman–Crippen MR) is 244 cm³/mol. The van der Waals surface area contributed by atoms with Crippen LogP contribution in [0.15, 0.2) is 0 Å². The molecule has 0 amide bonds. The highest BCUT2D eigenvalue weighted by molar-refractivity contribution is 5.70. The van der Waals surface area contributed by atoms with Gasteiger partial charge in [-0.1, -0.05) is 169 Å². The highest BCUT2D eigenvalue weighted by Crippen LogP contribution is 2.23. The van der Waals surface area contributed by atoms with E-state index in [-0.39, 0.29) is 24.0 Å². The summed E-state index contributed by atoms with van der Waals surface area (Å²) in [6.45, 7) is 11.3. The van der Waals surface area contributed by atoms with Crippen LogP contribution >= 0.6 is 0 Å². The maximum absolute atomic E-state index is 12.8. The second kappa shape index (κ2) is 40.8. The quantitative estimate of drug-likeness (QED) is 0.0372. The van der Waals surface area contributed by atoms with Crippen LogP contribution in [0.5, 0.6) is 0 Å². The molecule has 0 spiro atoms. The van der Waals surface area contributed by atoms with Gasteiger partial charge in [0.25, 0.3) is 0 Å². The lowest BCUT2D eigenvalue weighted by Gasteiger charge is -2.18. The van der Waals surface area contributed by atoms with Gasteiger partial charge in [0.05, 0.1) is 13.2 Å². The fourth-order valence-corrected chi connectivity index (χ4v) is 8.77. The van der Waals surface area contributed by atoms with Crippen LogP contribution in [0.2, 0.25) is 0 Å². The van der Waals surface area contributed by atoms with Gasteiger partial charge in [-0.15, -0.1) is 0 Å². The van der Waals surface area contributed by atoms with Crippen molar-refractivity contribution in [2.24, 2.45) is 11.8 Å². The van der Waals surface area contributed by atoms with Crippen LogP contribution in [-0.2, 0) is 28.6 Å². The molecular weight excluding hydrogens is 723 g/mol. The fourth-order valence-electron chi connectivity index (χ4n) is 8.77. The van der Waals surface area contributed by atoms with Crippen LogP contribution in [0.25, 0.3) is 0 Å². The Bertz CT molecular complexity index is 860. The van der Waals surface area contributed by atoms with E-state index in [2.05, 4.69) is 33.0 Å². The van der Waals surface area contributed by atoms with Gasteiger partial charge in [0.15, 0.2) is 0 Å². The molecule has 0 aromatic heterocycles. The zero-order valence-electron chi connectivity index (χ0n) is 39.0. The predicted octanol–water partition coefficient (Wildman–Crippen LogP) is 14.7. The van der Waals surface area contributed by atoms with Crippen LogP contribution in [0.1, 0.15) is 265 Å². The number of carbonyl (C=O) groups is 3. The highest BCUT2D eigenvalue weighted by Gasteiger charge is 2.18. The van der Waals surface area contributed by atoms with Crippen molar-refractivity contribution in [3.05, 3.63) is 0 Å². The van der Waals surface area contributed by atoms with E-state index in [1.807, 2.05) is 0 Å². The van der Waals surface area contributed by atoms with Gasteiger partial charge in [-0.3, -0.25) is 14.4 Å². The van der Waals surface area contributed by atoms with Crippen molar-refractivity contribution in [1.82, 2.24) is 5.32 Å². The number of ether oxygens (including phenoxy) is 3.